The highest BCUT2D eigenvalue weighted by molar-refractivity contribution is 5.69. The first-order valence-corrected chi connectivity index (χ1v) is 7.21. The summed E-state index contributed by atoms with van der Waals surface area (Å²) in [5.74, 6) is -0.896. The van der Waals surface area contributed by atoms with Gasteiger partial charge in [-0.25, -0.2) is 0 Å². The number of hydrogen-bond donors (Lipinski definition) is 1. The molecular weight excluding hydrogens is 272 g/mol. The van der Waals surface area contributed by atoms with Crippen molar-refractivity contribution < 1.29 is 14.8 Å². The Morgan fingerprint density at radius 1 is 1.43 bits per heavy atom. The van der Waals surface area contributed by atoms with Crippen LogP contribution in [0.5, 0.6) is 0 Å². The Labute approximate surface area is 123 Å². The average Bonchev–Trinajstić information content (AvgIpc) is 2.97. The molecule has 1 aromatic rings. The fourth-order valence-corrected chi connectivity index (χ4v) is 3.16. The monoisotopic (exact) mass is 292 g/mol. The lowest BCUT2D eigenvalue weighted by molar-refractivity contribution is -0.386. The van der Waals surface area contributed by atoms with Crippen LogP contribution in [0.15, 0.2) is 24.3 Å². The molecule has 1 fully saturated rings. The Morgan fingerprint density at radius 3 is 2.62 bits per heavy atom. The molecule has 1 atom stereocenters. The van der Waals surface area contributed by atoms with Crippen molar-refractivity contribution in [3.8, 4) is 0 Å². The first kappa shape index (κ1) is 15.4. The lowest BCUT2D eigenvalue weighted by Gasteiger charge is -2.33. The molecular formula is C15H20N2O4. The van der Waals surface area contributed by atoms with E-state index >= 15 is 0 Å². The number of nitro groups is 1. The first-order valence-electron chi connectivity index (χ1n) is 7.21. The highest BCUT2D eigenvalue weighted by Gasteiger charge is 2.31. The summed E-state index contributed by atoms with van der Waals surface area (Å²) < 4.78 is 0. The summed E-state index contributed by atoms with van der Waals surface area (Å²) in [5, 5.41) is 20.3. The summed E-state index contributed by atoms with van der Waals surface area (Å²) >= 11 is 0. The largest absolute Gasteiger partial charge is 0.480 e. The summed E-state index contributed by atoms with van der Waals surface area (Å²) in [5.41, 5.74) is 0.633. The van der Waals surface area contributed by atoms with E-state index in [2.05, 4.69) is 0 Å². The van der Waals surface area contributed by atoms with Crippen LogP contribution < -0.4 is 0 Å². The third-order valence-corrected chi connectivity index (χ3v) is 4.19. The van der Waals surface area contributed by atoms with E-state index in [1.54, 1.807) is 18.2 Å². The Morgan fingerprint density at radius 2 is 2.05 bits per heavy atom. The van der Waals surface area contributed by atoms with Gasteiger partial charge in [-0.15, -0.1) is 0 Å². The number of carboxylic acid groups (broad SMARTS) is 1. The first-order chi connectivity index (χ1) is 10.0. The minimum absolute atomic E-state index is 0.0541. The summed E-state index contributed by atoms with van der Waals surface area (Å²) in [7, 11) is 0. The van der Waals surface area contributed by atoms with Gasteiger partial charge >= 0.3 is 5.97 Å². The molecule has 114 valence electrons. The molecule has 0 heterocycles. The topological polar surface area (TPSA) is 83.7 Å². The number of carbonyl (C=O) groups is 1. The van der Waals surface area contributed by atoms with E-state index < -0.39 is 10.9 Å². The highest BCUT2D eigenvalue weighted by atomic mass is 16.6. The zero-order valence-electron chi connectivity index (χ0n) is 12.1. The van der Waals surface area contributed by atoms with Gasteiger partial charge in [-0.2, -0.15) is 0 Å². The maximum atomic E-state index is 11.2. The van der Waals surface area contributed by atoms with Gasteiger partial charge in [0.05, 0.1) is 11.5 Å². The number of benzene rings is 1. The third-order valence-electron chi connectivity index (χ3n) is 4.19. The molecule has 1 unspecified atom stereocenters. The minimum atomic E-state index is -0.896. The fourth-order valence-electron chi connectivity index (χ4n) is 3.16. The van der Waals surface area contributed by atoms with Crippen LogP contribution in [0.4, 0.5) is 5.69 Å². The molecule has 1 aliphatic carbocycles. The van der Waals surface area contributed by atoms with Crippen molar-refractivity contribution in [2.75, 3.05) is 6.54 Å². The van der Waals surface area contributed by atoms with E-state index in [-0.39, 0.29) is 24.3 Å². The van der Waals surface area contributed by atoms with Crippen molar-refractivity contribution >= 4 is 11.7 Å². The molecule has 21 heavy (non-hydrogen) atoms. The standard InChI is InChI=1S/C15H20N2O4/c1-11(13-8-4-5-9-14(13)17(20)21)16(10-15(18)19)12-6-2-3-7-12/h4-5,8-9,11-12H,2-3,6-7,10H2,1H3,(H,18,19). The van der Waals surface area contributed by atoms with Gasteiger partial charge in [0.2, 0.25) is 0 Å². The number of nitro benzene ring substituents is 1. The Kier molecular flexibility index (Phi) is 4.90. The van der Waals surface area contributed by atoms with Crippen LogP contribution in [0.3, 0.4) is 0 Å². The molecule has 0 radical (unpaired) electrons. The number of hydrogen-bond acceptors (Lipinski definition) is 4. The zero-order valence-corrected chi connectivity index (χ0v) is 12.1. The smallest absolute Gasteiger partial charge is 0.317 e. The molecule has 0 bridgehead atoms. The van der Waals surface area contributed by atoms with Crippen LogP contribution in [0, 0.1) is 10.1 Å². The normalized spacial score (nSPS) is 17.0. The van der Waals surface area contributed by atoms with Gasteiger partial charge in [-0.05, 0) is 19.8 Å². The number of para-hydroxylation sites is 1. The quantitative estimate of drug-likeness (QED) is 0.643. The molecule has 1 aromatic carbocycles. The van der Waals surface area contributed by atoms with Gasteiger partial charge in [0.15, 0.2) is 0 Å². The van der Waals surface area contributed by atoms with Crippen molar-refractivity contribution in [3.63, 3.8) is 0 Å². The molecule has 0 amide bonds. The summed E-state index contributed by atoms with van der Waals surface area (Å²) in [6.45, 7) is 1.77. The van der Waals surface area contributed by atoms with Crippen LogP contribution in [0.25, 0.3) is 0 Å². The zero-order chi connectivity index (χ0) is 15.4. The molecule has 0 aliphatic heterocycles. The van der Waals surface area contributed by atoms with Crippen LogP contribution in [0.1, 0.15) is 44.2 Å². The molecule has 2 rings (SSSR count). The fraction of sp³-hybridized carbons (Fsp3) is 0.533. The van der Waals surface area contributed by atoms with Crippen LogP contribution in [-0.4, -0.2) is 33.5 Å². The van der Waals surface area contributed by atoms with Crippen molar-refractivity contribution in [2.45, 2.75) is 44.7 Å². The highest BCUT2D eigenvalue weighted by Crippen LogP contribution is 2.34. The second-order valence-electron chi connectivity index (χ2n) is 5.50. The van der Waals surface area contributed by atoms with Crippen molar-refractivity contribution in [1.29, 1.82) is 0 Å². The lowest BCUT2D eigenvalue weighted by atomic mass is 10.0. The average molecular weight is 292 g/mol. The molecule has 1 saturated carbocycles. The second kappa shape index (κ2) is 6.67. The molecule has 6 nitrogen and oxygen atoms in total. The number of rotatable bonds is 6. The minimum Gasteiger partial charge on any atom is -0.480 e. The van der Waals surface area contributed by atoms with E-state index in [9.17, 15) is 14.9 Å². The third kappa shape index (κ3) is 3.58. The van der Waals surface area contributed by atoms with Gasteiger partial charge < -0.3 is 5.11 Å². The van der Waals surface area contributed by atoms with E-state index in [0.717, 1.165) is 25.7 Å². The van der Waals surface area contributed by atoms with Gasteiger partial charge in [0.1, 0.15) is 0 Å². The van der Waals surface area contributed by atoms with E-state index in [4.69, 9.17) is 5.11 Å². The molecule has 1 aliphatic rings. The Hall–Kier alpha value is -1.95. The van der Waals surface area contributed by atoms with Crippen molar-refractivity contribution in [2.24, 2.45) is 0 Å². The van der Waals surface area contributed by atoms with Gasteiger partial charge in [0, 0.05) is 23.7 Å². The Bertz CT molecular complexity index is 526. The second-order valence-corrected chi connectivity index (χ2v) is 5.50. The van der Waals surface area contributed by atoms with Gasteiger partial charge in [-0.1, -0.05) is 31.0 Å². The maximum Gasteiger partial charge on any atom is 0.317 e. The molecule has 6 heteroatoms. The summed E-state index contributed by atoms with van der Waals surface area (Å²) in [6.07, 6.45) is 4.09. The molecule has 0 aromatic heterocycles. The predicted molar refractivity (Wildman–Crippen MR) is 78.1 cm³/mol. The predicted octanol–water partition coefficient (Wildman–Crippen LogP) is 2.99. The number of nitrogens with zero attached hydrogens (tertiary/aromatic N) is 2. The SMILES string of the molecule is CC(c1ccccc1[N+](=O)[O-])N(CC(=O)O)C1CCCC1. The number of carboxylic acids is 1. The Balaban J connectivity index is 2.31. The van der Waals surface area contributed by atoms with E-state index in [1.165, 1.54) is 6.07 Å². The van der Waals surface area contributed by atoms with Crippen LogP contribution >= 0.6 is 0 Å². The summed E-state index contributed by atoms with van der Waals surface area (Å²) in [6, 6.07) is 6.48. The number of aliphatic carboxylic acids is 1. The molecule has 0 saturated heterocycles. The summed E-state index contributed by atoms with van der Waals surface area (Å²) in [4.78, 5) is 23.8. The van der Waals surface area contributed by atoms with Gasteiger partial charge in [0.25, 0.3) is 5.69 Å². The lowest BCUT2D eigenvalue weighted by Crippen LogP contribution is -2.39. The van der Waals surface area contributed by atoms with E-state index in [1.807, 2.05) is 11.8 Å². The van der Waals surface area contributed by atoms with Crippen LogP contribution in [-0.2, 0) is 4.79 Å². The van der Waals surface area contributed by atoms with Crippen molar-refractivity contribution in [1.82, 2.24) is 4.90 Å². The van der Waals surface area contributed by atoms with Crippen LogP contribution in [0.2, 0.25) is 0 Å². The van der Waals surface area contributed by atoms with E-state index in [0.29, 0.717) is 5.56 Å². The maximum absolute atomic E-state index is 11.2. The molecule has 0 spiro atoms. The van der Waals surface area contributed by atoms with Gasteiger partial charge in [-0.3, -0.25) is 19.8 Å². The molecule has 1 N–H and O–H groups in total. The van der Waals surface area contributed by atoms with Crippen molar-refractivity contribution in [3.05, 3.63) is 39.9 Å².